The van der Waals surface area contributed by atoms with Gasteiger partial charge in [0.2, 0.25) is 0 Å². The van der Waals surface area contributed by atoms with Crippen molar-refractivity contribution in [3.05, 3.63) is 20.8 Å². The lowest BCUT2D eigenvalue weighted by atomic mass is 9.95. The zero-order chi connectivity index (χ0) is 14.6. The average molecular weight is 347 g/mol. The van der Waals surface area contributed by atoms with Crippen LogP contribution in [-0.4, -0.2) is 0 Å². The molecule has 0 nitrogen and oxygen atoms in total. The van der Waals surface area contributed by atoms with E-state index in [0.717, 1.165) is 12.8 Å². The minimum absolute atomic E-state index is 0.366. The van der Waals surface area contributed by atoms with Crippen LogP contribution in [0.1, 0.15) is 44.6 Å². The van der Waals surface area contributed by atoms with Crippen LogP contribution in [0, 0.1) is 41.9 Å². The standard InChI is InChI=1S/C18H19BrS/c1-3-5-7-9-11-16(12-10-8-6-4-2)15-17-13-14-20-18(17)19/h1,13-14,16H,4,6,8,10,12,15H2,2H3. The Morgan fingerprint density at radius 1 is 1.25 bits per heavy atom. The molecule has 104 valence electrons. The summed E-state index contributed by atoms with van der Waals surface area (Å²) in [5.74, 6) is 14.1. The number of unbranched alkanes of at least 4 members (excludes halogenated alkanes) is 3. The zero-order valence-corrected chi connectivity index (χ0v) is 14.2. The van der Waals surface area contributed by atoms with Crippen molar-refractivity contribution in [1.82, 2.24) is 0 Å². The first-order valence-corrected chi connectivity index (χ1v) is 8.63. The van der Waals surface area contributed by atoms with Crippen molar-refractivity contribution in [3.63, 3.8) is 0 Å². The highest BCUT2D eigenvalue weighted by atomic mass is 79.9. The fourth-order valence-corrected chi connectivity index (χ4v) is 3.25. The predicted octanol–water partition coefficient (Wildman–Crippen LogP) is 5.28. The third-order valence-corrected chi connectivity index (χ3v) is 4.85. The molecule has 1 heterocycles. The van der Waals surface area contributed by atoms with Crippen LogP contribution in [-0.2, 0) is 6.42 Å². The first-order valence-electron chi connectivity index (χ1n) is 6.96. The van der Waals surface area contributed by atoms with Gasteiger partial charge in [0.15, 0.2) is 0 Å². The van der Waals surface area contributed by atoms with Gasteiger partial charge in [-0.3, -0.25) is 0 Å². The lowest BCUT2D eigenvalue weighted by Gasteiger charge is -2.09. The summed E-state index contributed by atoms with van der Waals surface area (Å²) in [6, 6.07) is 2.17. The molecule has 0 spiro atoms. The number of hydrogen-bond acceptors (Lipinski definition) is 1. The average Bonchev–Trinajstić information content (AvgIpc) is 2.84. The molecule has 0 bridgehead atoms. The van der Waals surface area contributed by atoms with E-state index in [1.807, 2.05) is 0 Å². The maximum Gasteiger partial charge on any atom is 0.0730 e. The predicted molar refractivity (Wildman–Crippen MR) is 92.4 cm³/mol. The molecule has 0 radical (unpaired) electrons. The molecule has 1 aromatic heterocycles. The van der Waals surface area contributed by atoms with E-state index in [9.17, 15) is 0 Å². The zero-order valence-electron chi connectivity index (χ0n) is 11.8. The van der Waals surface area contributed by atoms with Gasteiger partial charge in [0.1, 0.15) is 0 Å². The molecule has 0 N–H and O–H groups in total. The van der Waals surface area contributed by atoms with Gasteiger partial charge in [0.25, 0.3) is 0 Å². The molecule has 1 aromatic rings. The third kappa shape index (κ3) is 6.86. The van der Waals surface area contributed by atoms with Crippen LogP contribution in [0.4, 0.5) is 0 Å². The van der Waals surface area contributed by atoms with E-state index in [4.69, 9.17) is 6.42 Å². The highest BCUT2D eigenvalue weighted by Crippen LogP contribution is 2.27. The Kier molecular flexibility index (Phi) is 8.98. The summed E-state index contributed by atoms with van der Waals surface area (Å²) in [6.45, 7) is 2.23. The molecule has 0 aromatic carbocycles. The maximum absolute atomic E-state index is 5.09. The van der Waals surface area contributed by atoms with Crippen molar-refractivity contribution < 1.29 is 0 Å². The Balaban J connectivity index is 2.60. The van der Waals surface area contributed by atoms with Crippen molar-refractivity contribution in [2.45, 2.75) is 45.4 Å². The smallest absolute Gasteiger partial charge is 0.0730 e. The number of hydrogen-bond donors (Lipinski definition) is 0. The molecule has 0 fully saturated rings. The van der Waals surface area contributed by atoms with Gasteiger partial charge in [-0.1, -0.05) is 38.5 Å². The Labute approximate surface area is 135 Å². The van der Waals surface area contributed by atoms with Gasteiger partial charge in [-0.2, -0.15) is 0 Å². The Hall–Kier alpha value is -1.14. The number of halogens is 1. The van der Waals surface area contributed by atoms with Crippen LogP contribution in [0.3, 0.4) is 0 Å². The molecular formula is C18H19BrS. The quantitative estimate of drug-likeness (QED) is 0.465. The molecule has 0 aliphatic carbocycles. The summed E-state index contributed by atoms with van der Waals surface area (Å²) in [6.07, 6.45) is 12.3. The van der Waals surface area contributed by atoms with Crippen molar-refractivity contribution in [1.29, 1.82) is 0 Å². The van der Waals surface area contributed by atoms with Crippen molar-refractivity contribution in [2.75, 3.05) is 0 Å². The minimum Gasteiger partial charge on any atom is -0.137 e. The van der Waals surface area contributed by atoms with E-state index < -0.39 is 0 Å². The second kappa shape index (κ2) is 10.6. The maximum atomic E-state index is 5.09. The second-order valence-electron chi connectivity index (χ2n) is 4.63. The molecule has 0 aliphatic heterocycles. The lowest BCUT2D eigenvalue weighted by molar-refractivity contribution is 0.540. The fourth-order valence-electron chi connectivity index (χ4n) is 1.98. The number of thiophene rings is 1. The molecule has 0 aliphatic rings. The lowest BCUT2D eigenvalue weighted by Crippen LogP contribution is -2.02. The fraction of sp³-hybridized carbons (Fsp3) is 0.444. The first kappa shape index (κ1) is 16.9. The molecule has 0 saturated carbocycles. The van der Waals surface area contributed by atoms with E-state index in [0.29, 0.717) is 5.92 Å². The van der Waals surface area contributed by atoms with Gasteiger partial charge < -0.3 is 0 Å². The Morgan fingerprint density at radius 2 is 2.10 bits per heavy atom. The topological polar surface area (TPSA) is 0 Å². The number of rotatable bonds is 7. The molecule has 1 atom stereocenters. The molecule has 1 unspecified atom stereocenters. The molecule has 0 saturated heterocycles. The second-order valence-corrected chi connectivity index (χ2v) is 6.87. The molecule has 20 heavy (non-hydrogen) atoms. The normalized spacial score (nSPS) is 10.7. The molecular weight excluding hydrogens is 328 g/mol. The van der Waals surface area contributed by atoms with Crippen molar-refractivity contribution >= 4 is 27.3 Å². The van der Waals surface area contributed by atoms with E-state index in [2.05, 4.69) is 63.9 Å². The van der Waals surface area contributed by atoms with E-state index >= 15 is 0 Å². The van der Waals surface area contributed by atoms with Crippen molar-refractivity contribution in [2.24, 2.45) is 5.92 Å². The third-order valence-electron chi connectivity index (χ3n) is 3.04. The van der Waals surface area contributed by atoms with Crippen LogP contribution in [0.5, 0.6) is 0 Å². The van der Waals surface area contributed by atoms with Crippen LogP contribution in [0.2, 0.25) is 0 Å². The summed E-state index contributed by atoms with van der Waals surface area (Å²) >= 11 is 5.32. The summed E-state index contributed by atoms with van der Waals surface area (Å²) in [5.41, 5.74) is 1.34. The molecule has 2 heteroatoms. The Bertz CT molecular complexity index is 554. The summed E-state index contributed by atoms with van der Waals surface area (Å²) in [5, 5.41) is 2.11. The van der Waals surface area contributed by atoms with E-state index in [1.54, 1.807) is 11.3 Å². The van der Waals surface area contributed by atoms with Gasteiger partial charge in [-0.15, -0.1) is 17.8 Å². The van der Waals surface area contributed by atoms with Gasteiger partial charge >= 0.3 is 0 Å². The summed E-state index contributed by atoms with van der Waals surface area (Å²) in [7, 11) is 0. The van der Waals surface area contributed by atoms with E-state index in [1.165, 1.54) is 35.0 Å². The monoisotopic (exact) mass is 346 g/mol. The SMILES string of the molecule is C#CC#CC#CC(CCCCCC)Cc1ccsc1Br. The minimum atomic E-state index is 0.366. The summed E-state index contributed by atoms with van der Waals surface area (Å²) < 4.78 is 1.22. The first-order chi connectivity index (χ1) is 9.77. The number of terminal acetylenes is 1. The highest BCUT2D eigenvalue weighted by molar-refractivity contribution is 9.11. The van der Waals surface area contributed by atoms with Gasteiger partial charge in [-0.25, -0.2) is 0 Å². The molecule has 1 rings (SSSR count). The van der Waals surface area contributed by atoms with Gasteiger partial charge in [0.05, 0.1) is 3.79 Å². The van der Waals surface area contributed by atoms with E-state index in [-0.39, 0.29) is 0 Å². The van der Waals surface area contributed by atoms with Gasteiger partial charge in [-0.05, 0) is 69.5 Å². The van der Waals surface area contributed by atoms with Gasteiger partial charge in [0, 0.05) is 5.92 Å². The largest absolute Gasteiger partial charge is 0.137 e. The molecule has 0 amide bonds. The Morgan fingerprint density at radius 3 is 2.75 bits per heavy atom. The van der Waals surface area contributed by atoms with Crippen LogP contribution < -0.4 is 0 Å². The highest BCUT2D eigenvalue weighted by Gasteiger charge is 2.10. The van der Waals surface area contributed by atoms with Crippen LogP contribution in [0.25, 0.3) is 0 Å². The van der Waals surface area contributed by atoms with Crippen LogP contribution in [0.15, 0.2) is 15.2 Å². The van der Waals surface area contributed by atoms with Crippen LogP contribution >= 0.6 is 27.3 Å². The summed E-state index contributed by atoms with van der Waals surface area (Å²) in [4.78, 5) is 0. The van der Waals surface area contributed by atoms with Crippen molar-refractivity contribution in [3.8, 4) is 36.0 Å².